The van der Waals surface area contributed by atoms with Crippen LogP contribution in [-0.4, -0.2) is 39.5 Å². The zero-order valence-corrected chi connectivity index (χ0v) is 12.1. The predicted octanol–water partition coefficient (Wildman–Crippen LogP) is 1.33. The predicted molar refractivity (Wildman–Crippen MR) is 79.5 cm³/mol. The van der Waals surface area contributed by atoms with Crippen molar-refractivity contribution < 1.29 is 9.90 Å². The minimum atomic E-state index is -0.232. The van der Waals surface area contributed by atoms with Gasteiger partial charge >= 0.3 is 0 Å². The van der Waals surface area contributed by atoms with Gasteiger partial charge in [0.2, 0.25) is 0 Å². The summed E-state index contributed by atoms with van der Waals surface area (Å²) in [5, 5.41) is 8.83. The highest BCUT2D eigenvalue weighted by Crippen LogP contribution is 2.14. The Balaban J connectivity index is 2.25. The number of aliphatic hydroxyl groups is 1. The Morgan fingerprint density at radius 1 is 1.48 bits per heavy atom. The van der Waals surface area contributed by atoms with Crippen molar-refractivity contribution in [2.45, 2.75) is 13.5 Å². The molecule has 21 heavy (non-hydrogen) atoms. The second-order valence-corrected chi connectivity index (χ2v) is 4.71. The average molecular weight is 283 g/mol. The van der Waals surface area contributed by atoms with Crippen LogP contribution in [0.1, 0.15) is 27.3 Å². The third-order valence-corrected chi connectivity index (χ3v) is 3.00. The Morgan fingerprint density at radius 3 is 2.95 bits per heavy atom. The molecule has 1 aromatic carbocycles. The fraction of sp³-hybridized carbons (Fsp3) is 0.250. The summed E-state index contributed by atoms with van der Waals surface area (Å²) >= 11 is 0. The van der Waals surface area contributed by atoms with Crippen LogP contribution in [0.3, 0.4) is 0 Å². The SMILES string of the molecule is Cc1ccc(C(=O)N(C)Cc2ncc[nH]2)c(C#CCO)c1. The molecule has 1 heterocycles. The van der Waals surface area contributed by atoms with Gasteiger partial charge < -0.3 is 15.0 Å². The number of benzene rings is 1. The van der Waals surface area contributed by atoms with Gasteiger partial charge in [0, 0.05) is 25.0 Å². The van der Waals surface area contributed by atoms with Crippen LogP contribution in [0.5, 0.6) is 0 Å². The van der Waals surface area contributed by atoms with Crippen molar-refractivity contribution in [3.05, 3.63) is 53.1 Å². The number of hydrogen-bond acceptors (Lipinski definition) is 3. The quantitative estimate of drug-likeness (QED) is 0.835. The molecule has 0 aliphatic rings. The molecule has 5 heteroatoms. The number of imidazole rings is 1. The molecule has 0 saturated carbocycles. The van der Waals surface area contributed by atoms with Crippen LogP contribution in [0.4, 0.5) is 0 Å². The van der Waals surface area contributed by atoms with Gasteiger partial charge in [0.25, 0.3) is 5.91 Å². The average Bonchev–Trinajstić information content (AvgIpc) is 2.97. The van der Waals surface area contributed by atoms with Crippen molar-refractivity contribution >= 4 is 5.91 Å². The summed E-state index contributed by atoms with van der Waals surface area (Å²) < 4.78 is 0. The molecule has 2 rings (SSSR count). The van der Waals surface area contributed by atoms with Crippen molar-refractivity contribution in [2.75, 3.05) is 13.7 Å². The number of carbonyl (C=O) groups excluding carboxylic acids is 1. The smallest absolute Gasteiger partial charge is 0.255 e. The molecular weight excluding hydrogens is 266 g/mol. The minimum absolute atomic E-state index is 0.131. The number of nitrogens with zero attached hydrogens (tertiary/aromatic N) is 2. The van der Waals surface area contributed by atoms with E-state index in [9.17, 15) is 4.79 Å². The zero-order chi connectivity index (χ0) is 15.2. The van der Waals surface area contributed by atoms with Crippen molar-refractivity contribution in [3.63, 3.8) is 0 Å². The lowest BCUT2D eigenvalue weighted by Crippen LogP contribution is -2.27. The van der Waals surface area contributed by atoms with Crippen molar-refractivity contribution in [1.29, 1.82) is 0 Å². The molecule has 1 aromatic heterocycles. The summed E-state index contributed by atoms with van der Waals surface area (Å²) in [4.78, 5) is 21.2. The molecule has 0 spiro atoms. The van der Waals surface area contributed by atoms with E-state index >= 15 is 0 Å². The highest BCUT2D eigenvalue weighted by Gasteiger charge is 2.16. The summed E-state index contributed by atoms with van der Waals surface area (Å²) in [7, 11) is 1.72. The molecule has 0 fully saturated rings. The molecule has 0 unspecified atom stereocenters. The Bertz CT molecular complexity index is 681. The minimum Gasteiger partial charge on any atom is -0.384 e. The fourth-order valence-electron chi connectivity index (χ4n) is 1.97. The van der Waals surface area contributed by atoms with E-state index in [1.54, 1.807) is 30.4 Å². The number of amides is 1. The summed E-state index contributed by atoms with van der Waals surface area (Å²) in [6.45, 7) is 2.10. The van der Waals surface area contributed by atoms with E-state index < -0.39 is 0 Å². The Kier molecular flexibility index (Phi) is 4.75. The van der Waals surface area contributed by atoms with Gasteiger partial charge in [-0.05, 0) is 24.6 Å². The molecule has 0 aliphatic heterocycles. The third-order valence-electron chi connectivity index (χ3n) is 3.00. The number of aliphatic hydroxyl groups excluding tert-OH is 1. The van der Waals surface area contributed by atoms with Gasteiger partial charge in [0.05, 0.1) is 12.1 Å². The molecule has 0 atom stereocenters. The Labute approximate surface area is 123 Å². The van der Waals surface area contributed by atoms with Gasteiger partial charge in [0.1, 0.15) is 12.4 Å². The Morgan fingerprint density at radius 2 is 2.29 bits per heavy atom. The van der Waals surface area contributed by atoms with E-state index in [2.05, 4.69) is 21.8 Å². The van der Waals surface area contributed by atoms with E-state index in [0.717, 1.165) is 11.4 Å². The van der Waals surface area contributed by atoms with Crippen LogP contribution in [0.2, 0.25) is 0 Å². The van der Waals surface area contributed by atoms with Crippen LogP contribution in [0.15, 0.2) is 30.6 Å². The van der Waals surface area contributed by atoms with Crippen LogP contribution in [-0.2, 0) is 6.54 Å². The first-order valence-electron chi connectivity index (χ1n) is 6.56. The van der Waals surface area contributed by atoms with Crippen molar-refractivity contribution in [2.24, 2.45) is 0 Å². The monoisotopic (exact) mass is 283 g/mol. The maximum Gasteiger partial charge on any atom is 0.255 e. The highest BCUT2D eigenvalue weighted by molar-refractivity contribution is 5.96. The largest absolute Gasteiger partial charge is 0.384 e. The molecular formula is C16H17N3O2. The van der Waals surface area contributed by atoms with E-state index in [4.69, 9.17) is 5.11 Å². The summed E-state index contributed by atoms with van der Waals surface area (Å²) in [5.41, 5.74) is 2.17. The van der Waals surface area contributed by atoms with E-state index in [1.807, 2.05) is 19.1 Å². The number of aromatic nitrogens is 2. The molecule has 0 saturated heterocycles. The van der Waals surface area contributed by atoms with Crippen LogP contribution < -0.4 is 0 Å². The molecule has 2 aromatic rings. The second-order valence-electron chi connectivity index (χ2n) is 4.71. The summed E-state index contributed by atoms with van der Waals surface area (Å²) in [6, 6.07) is 5.48. The van der Waals surface area contributed by atoms with Gasteiger partial charge in [-0.15, -0.1) is 0 Å². The Hall–Kier alpha value is -2.58. The zero-order valence-electron chi connectivity index (χ0n) is 12.1. The number of nitrogens with one attached hydrogen (secondary N) is 1. The highest BCUT2D eigenvalue weighted by atomic mass is 16.2. The van der Waals surface area contributed by atoms with Gasteiger partial charge in [-0.25, -0.2) is 4.98 Å². The standard InChI is InChI=1S/C16H17N3O2/c1-12-5-6-14(13(10-12)4-3-9-20)16(21)19(2)11-15-17-7-8-18-15/h5-8,10,20H,9,11H2,1-2H3,(H,17,18). The molecule has 108 valence electrons. The number of aryl methyl sites for hydroxylation is 1. The van der Waals surface area contributed by atoms with Gasteiger partial charge in [-0.3, -0.25) is 4.79 Å². The number of rotatable bonds is 3. The maximum absolute atomic E-state index is 12.5. The van der Waals surface area contributed by atoms with E-state index in [-0.39, 0.29) is 12.5 Å². The van der Waals surface area contributed by atoms with E-state index in [1.165, 1.54) is 0 Å². The van der Waals surface area contributed by atoms with Gasteiger partial charge in [0.15, 0.2) is 0 Å². The van der Waals surface area contributed by atoms with Crippen molar-refractivity contribution in [3.8, 4) is 11.8 Å². The molecule has 1 amide bonds. The number of H-pyrrole nitrogens is 1. The molecule has 5 nitrogen and oxygen atoms in total. The molecule has 2 N–H and O–H groups in total. The topological polar surface area (TPSA) is 69.2 Å². The molecule has 0 aliphatic carbocycles. The lowest BCUT2D eigenvalue weighted by atomic mass is 10.0. The van der Waals surface area contributed by atoms with E-state index in [0.29, 0.717) is 17.7 Å². The number of hydrogen-bond donors (Lipinski definition) is 2. The lowest BCUT2D eigenvalue weighted by molar-refractivity contribution is 0.0781. The van der Waals surface area contributed by atoms with Crippen LogP contribution in [0.25, 0.3) is 0 Å². The van der Waals surface area contributed by atoms with Crippen LogP contribution in [0, 0.1) is 18.8 Å². The number of carbonyl (C=O) groups is 1. The lowest BCUT2D eigenvalue weighted by Gasteiger charge is -2.17. The summed E-state index contributed by atoms with van der Waals surface area (Å²) in [5.74, 6) is 6.01. The molecule has 0 bridgehead atoms. The van der Waals surface area contributed by atoms with Crippen molar-refractivity contribution in [1.82, 2.24) is 14.9 Å². The third kappa shape index (κ3) is 3.71. The normalized spacial score (nSPS) is 9.86. The fourth-order valence-corrected chi connectivity index (χ4v) is 1.97. The second kappa shape index (κ2) is 6.73. The van der Waals surface area contributed by atoms with Crippen LogP contribution >= 0.6 is 0 Å². The summed E-state index contributed by atoms with van der Waals surface area (Å²) in [6.07, 6.45) is 3.37. The maximum atomic E-state index is 12.5. The first-order valence-corrected chi connectivity index (χ1v) is 6.56. The number of aromatic amines is 1. The van der Waals surface area contributed by atoms with Gasteiger partial charge in [-0.2, -0.15) is 0 Å². The van der Waals surface area contributed by atoms with Gasteiger partial charge in [-0.1, -0.05) is 17.9 Å². The molecule has 0 radical (unpaired) electrons. The first-order chi connectivity index (χ1) is 10.1. The first kappa shape index (κ1) is 14.8.